The molecule has 1 aliphatic heterocycles. The predicted octanol–water partition coefficient (Wildman–Crippen LogP) is 4.25. The fourth-order valence-corrected chi connectivity index (χ4v) is 7.75. The fourth-order valence-electron chi connectivity index (χ4n) is 7.75. The summed E-state index contributed by atoms with van der Waals surface area (Å²) in [6.45, 7) is 5.93. The maximum Gasteiger partial charge on any atom is 0.270 e. The van der Waals surface area contributed by atoms with Crippen molar-refractivity contribution in [1.82, 2.24) is 25.3 Å². The van der Waals surface area contributed by atoms with E-state index >= 15 is 0 Å². The Morgan fingerprint density at radius 1 is 0.930 bits per heavy atom. The molecular weight excluding hydrogens is 540 g/mol. The molecule has 3 saturated carbocycles. The highest BCUT2D eigenvalue weighted by molar-refractivity contribution is 6.01. The second-order valence-corrected chi connectivity index (χ2v) is 14.3. The van der Waals surface area contributed by atoms with Crippen molar-refractivity contribution in [2.75, 3.05) is 25.5 Å². The lowest BCUT2D eigenvalue weighted by Gasteiger charge is -2.42. The summed E-state index contributed by atoms with van der Waals surface area (Å²) in [6.07, 6.45) is 11.5. The zero-order valence-electron chi connectivity index (χ0n) is 26.2. The molecule has 4 atom stereocenters. The molecule has 3 aliphatic carbocycles. The van der Waals surface area contributed by atoms with Gasteiger partial charge in [0.25, 0.3) is 5.91 Å². The van der Waals surface area contributed by atoms with Crippen LogP contribution in [0.15, 0.2) is 36.5 Å². The van der Waals surface area contributed by atoms with Gasteiger partial charge in [-0.25, -0.2) is 0 Å². The molecule has 6 rings (SSSR count). The average molecular weight is 589 g/mol. The van der Waals surface area contributed by atoms with Crippen LogP contribution in [0.5, 0.6) is 0 Å². The third kappa shape index (κ3) is 5.85. The summed E-state index contributed by atoms with van der Waals surface area (Å²) in [7, 11) is 3.80. The topological polar surface area (TPSA) is 108 Å². The number of hydrogen-bond donors (Lipinski definition) is 3. The smallest absolute Gasteiger partial charge is 0.270 e. The Morgan fingerprint density at radius 3 is 2.12 bits per heavy atom. The van der Waals surface area contributed by atoms with E-state index < -0.39 is 11.5 Å². The second kappa shape index (κ2) is 11.7. The highest BCUT2D eigenvalue weighted by Gasteiger charge is 2.54. The van der Waals surface area contributed by atoms with Crippen molar-refractivity contribution in [3.05, 3.63) is 47.8 Å². The van der Waals surface area contributed by atoms with Crippen molar-refractivity contribution < 1.29 is 14.4 Å². The van der Waals surface area contributed by atoms with Crippen LogP contribution in [0.2, 0.25) is 0 Å². The van der Waals surface area contributed by atoms with Crippen molar-refractivity contribution in [1.29, 1.82) is 0 Å². The van der Waals surface area contributed by atoms with E-state index in [-0.39, 0.29) is 35.1 Å². The molecule has 9 nitrogen and oxygen atoms in total. The van der Waals surface area contributed by atoms with Crippen LogP contribution >= 0.6 is 0 Å². The molecule has 0 spiro atoms. The molecule has 3 amide bonds. The van der Waals surface area contributed by atoms with E-state index in [4.69, 9.17) is 0 Å². The van der Waals surface area contributed by atoms with E-state index in [0.29, 0.717) is 29.8 Å². The number of rotatable bonds is 11. The number of anilines is 1. The van der Waals surface area contributed by atoms with Crippen LogP contribution in [0.4, 0.5) is 5.69 Å². The first-order chi connectivity index (χ1) is 20.6. The van der Waals surface area contributed by atoms with Crippen LogP contribution in [-0.2, 0) is 22.1 Å². The zero-order valence-corrected chi connectivity index (χ0v) is 26.2. The minimum absolute atomic E-state index is 0.0571. The summed E-state index contributed by atoms with van der Waals surface area (Å²) >= 11 is 0. The van der Waals surface area contributed by atoms with Gasteiger partial charge in [-0.2, -0.15) is 5.10 Å². The molecule has 0 radical (unpaired) electrons. The third-order valence-corrected chi connectivity index (χ3v) is 11.3. The number of aryl methyl sites for hydroxylation is 1. The predicted molar refractivity (Wildman–Crippen MR) is 166 cm³/mol. The minimum atomic E-state index is -0.645. The van der Waals surface area contributed by atoms with Gasteiger partial charge in [-0.1, -0.05) is 44.7 Å². The molecular formula is C34H48N6O3. The molecule has 9 heteroatoms. The molecule has 0 bridgehead atoms. The molecule has 1 saturated heterocycles. The van der Waals surface area contributed by atoms with Crippen LogP contribution < -0.4 is 16.0 Å². The molecule has 232 valence electrons. The summed E-state index contributed by atoms with van der Waals surface area (Å²) < 4.78 is 1.54. The molecule has 4 fully saturated rings. The minimum Gasteiger partial charge on any atom is -0.353 e. The lowest BCUT2D eigenvalue weighted by molar-refractivity contribution is -0.127. The van der Waals surface area contributed by atoms with E-state index in [1.54, 1.807) is 24.0 Å². The molecule has 1 aromatic heterocycles. The Morgan fingerprint density at radius 2 is 1.60 bits per heavy atom. The van der Waals surface area contributed by atoms with Gasteiger partial charge in [0.05, 0.1) is 5.41 Å². The number of aromatic nitrogens is 2. The molecule has 1 aromatic carbocycles. The van der Waals surface area contributed by atoms with E-state index in [1.165, 1.54) is 25.7 Å². The van der Waals surface area contributed by atoms with Crippen LogP contribution in [0.1, 0.15) is 87.7 Å². The first kappa shape index (κ1) is 29.9. The Kier molecular flexibility index (Phi) is 8.13. The van der Waals surface area contributed by atoms with E-state index in [9.17, 15) is 14.4 Å². The van der Waals surface area contributed by atoms with E-state index in [0.717, 1.165) is 44.2 Å². The lowest BCUT2D eigenvalue weighted by Crippen LogP contribution is -2.54. The van der Waals surface area contributed by atoms with Gasteiger partial charge < -0.3 is 20.9 Å². The first-order valence-electron chi connectivity index (χ1n) is 16.3. The van der Waals surface area contributed by atoms with Crippen LogP contribution in [0.3, 0.4) is 0 Å². The summed E-state index contributed by atoms with van der Waals surface area (Å²) in [5.74, 6) is 0.723. The summed E-state index contributed by atoms with van der Waals surface area (Å²) in [5, 5.41) is 13.8. The van der Waals surface area contributed by atoms with Gasteiger partial charge in [0.15, 0.2) is 0 Å². The van der Waals surface area contributed by atoms with Crippen molar-refractivity contribution in [2.45, 2.75) is 89.1 Å². The summed E-state index contributed by atoms with van der Waals surface area (Å²) in [5.41, 5.74) is 1.54. The van der Waals surface area contributed by atoms with E-state index in [2.05, 4.69) is 46.8 Å². The molecule has 43 heavy (non-hydrogen) atoms. The Balaban J connectivity index is 1.21. The molecule has 2 heterocycles. The quantitative estimate of drug-likeness (QED) is 0.364. The number of amides is 3. The van der Waals surface area contributed by atoms with Crippen molar-refractivity contribution in [3.63, 3.8) is 0 Å². The molecule has 2 aromatic rings. The van der Waals surface area contributed by atoms with Gasteiger partial charge in [-0.05, 0) is 99.6 Å². The van der Waals surface area contributed by atoms with Gasteiger partial charge in [0.2, 0.25) is 11.8 Å². The SMILES string of the molecule is CC(NC(=O)C1(c2ccc(NC(=O)[C@@H](NC(=O)c3ccnn3C)C(C3CCC3)C3(C)CC3)cc2)CCN(C)C1)C1CCC1. The number of likely N-dealkylation sites (tertiary alicyclic amines) is 1. The molecule has 3 N–H and O–H groups in total. The fraction of sp³-hybridized carbons (Fsp3) is 0.647. The molecule has 4 aliphatic rings. The van der Waals surface area contributed by atoms with Crippen LogP contribution in [0.25, 0.3) is 0 Å². The van der Waals surface area contributed by atoms with Crippen molar-refractivity contribution >= 4 is 23.4 Å². The highest BCUT2D eigenvalue weighted by Crippen LogP contribution is 2.58. The number of hydrogen-bond acceptors (Lipinski definition) is 5. The monoisotopic (exact) mass is 588 g/mol. The van der Waals surface area contributed by atoms with Gasteiger partial charge >= 0.3 is 0 Å². The number of carbonyl (C=O) groups excluding carboxylic acids is 3. The van der Waals surface area contributed by atoms with Gasteiger partial charge in [-0.15, -0.1) is 0 Å². The van der Waals surface area contributed by atoms with E-state index in [1.807, 2.05) is 24.3 Å². The average Bonchev–Trinajstić information content (AvgIpc) is 3.30. The lowest BCUT2D eigenvalue weighted by atomic mass is 9.66. The highest BCUT2D eigenvalue weighted by atomic mass is 16.2. The van der Waals surface area contributed by atoms with Crippen LogP contribution in [-0.4, -0.2) is 64.6 Å². The number of nitrogens with one attached hydrogen (secondary N) is 3. The van der Waals surface area contributed by atoms with Crippen LogP contribution in [0, 0.1) is 23.2 Å². The third-order valence-electron chi connectivity index (χ3n) is 11.3. The maximum absolute atomic E-state index is 14.0. The number of nitrogens with zero attached hydrogens (tertiary/aromatic N) is 3. The van der Waals surface area contributed by atoms with Crippen molar-refractivity contribution in [2.24, 2.45) is 30.2 Å². The largest absolute Gasteiger partial charge is 0.353 e. The van der Waals surface area contributed by atoms with Gasteiger partial charge in [0, 0.05) is 31.5 Å². The summed E-state index contributed by atoms with van der Waals surface area (Å²) in [4.78, 5) is 43.3. The number of carbonyl (C=O) groups is 3. The Labute approximate surface area is 255 Å². The maximum atomic E-state index is 14.0. The number of likely N-dealkylation sites (N-methyl/N-ethyl adjacent to an activating group) is 1. The zero-order chi connectivity index (χ0) is 30.4. The Bertz CT molecular complexity index is 1340. The normalized spacial score (nSPS) is 25.6. The van der Waals surface area contributed by atoms with Crippen molar-refractivity contribution in [3.8, 4) is 0 Å². The first-order valence-corrected chi connectivity index (χ1v) is 16.3. The Hall–Kier alpha value is -3.20. The standard InChI is InChI=1S/C34H48N6O3/c1-22(23-7-5-8-23)36-32(43)34(18-20-39(3)21-34)25-11-13-26(14-12-25)37-31(42)29(38-30(41)27-15-19-35-40(27)4)28(24-9-6-10-24)33(2)16-17-33/h11-15,19,22-24,28-29H,5-10,16-18,20-21H2,1-4H3,(H,36,43)(H,37,42)(H,38,41)/t22?,28?,29-,34?/m0/s1. The van der Waals surface area contributed by atoms with Gasteiger partial charge in [0.1, 0.15) is 11.7 Å². The molecule has 3 unspecified atom stereocenters. The summed E-state index contributed by atoms with van der Waals surface area (Å²) in [6, 6.07) is 9.03. The second-order valence-electron chi connectivity index (χ2n) is 14.3. The van der Waals surface area contributed by atoms with Gasteiger partial charge in [-0.3, -0.25) is 19.1 Å². The number of benzene rings is 1.